The number of benzene rings is 3. The molecule has 0 N–H and O–H groups in total. The predicted octanol–water partition coefficient (Wildman–Crippen LogP) is 5.76. The molecule has 0 saturated carbocycles. The minimum Gasteiger partial charge on any atom is -0.497 e. The summed E-state index contributed by atoms with van der Waals surface area (Å²) in [5, 5.41) is 0. The molecule has 0 amide bonds. The fraction of sp³-hybridized carbons (Fsp3) is 0.258. The van der Waals surface area contributed by atoms with Crippen molar-refractivity contribution in [1.29, 1.82) is 0 Å². The van der Waals surface area contributed by atoms with Gasteiger partial charge in [0.2, 0.25) is 0 Å². The van der Waals surface area contributed by atoms with Crippen LogP contribution in [0.15, 0.2) is 91.3 Å². The van der Waals surface area contributed by atoms with Crippen LogP contribution < -0.4 is 9.47 Å². The van der Waals surface area contributed by atoms with Gasteiger partial charge in [-0.25, -0.2) is 0 Å². The Kier molecular flexibility index (Phi) is 7.91. The molecule has 0 fully saturated rings. The molecule has 0 unspecified atom stereocenters. The summed E-state index contributed by atoms with van der Waals surface area (Å²) in [5.74, 6) is 1.79. The van der Waals surface area contributed by atoms with E-state index < -0.39 is 0 Å². The zero-order valence-electron chi connectivity index (χ0n) is 20.7. The lowest BCUT2D eigenvalue weighted by Gasteiger charge is -2.23. The van der Waals surface area contributed by atoms with Crippen molar-refractivity contribution in [1.82, 2.24) is 9.88 Å². The first-order chi connectivity index (χ1) is 17.8. The summed E-state index contributed by atoms with van der Waals surface area (Å²) in [6.45, 7) is 4.32. The van der Waals surface area contributed by atoms with E-state index in [-0.39, 0.29) is 0 Å². The van der Waals surface area contributed by atoms with E-state index in [0.29, 0.717) is 19.8 Å². The summed E-state index contributed by atoms with van der Waals surface area (Å²) in [4.78, 5) is 6.59. The van der Waals surface area contributed by atoms with Crippen molar-refractivity contribution in [3.63, 3.8) is 0 Å². The maximum atomic E-state index is 6.18. The van der Waals surface area contributed by atoms with E-state index >= 15 is 0 Å². The van der Waals surface area contributed by atoms with Gasteiger partial charge in [-0.05, 0) is 69.8 Å². The van der Waals surface area contributed by atoms with Crippen LogP contribution in [0.1, 0.15) is 22.3 Å². The second-order valence-electron chi connectivity index (χ2n) is 9.07. The third-order valence-corrected chi connectivity index (χ3v) is 6.47. The fourth-order valence-electron chi connectivity index (χ4n) is 4.61. The number of aromatic nitrogens is 1. The normalized spacial score (nSPS) is 14.8. The summed E-state index contributed by atoms with van der Waals surface area (Å²) in [6, 6.07) is 27.7. The van der Waals surface area contributed by atoms with Crippen molar-refractivity contribution >= 4 is 0 Å². The van der Waals surface area contributed by atoms with Crippen molar-refractivity contribution in [3.8, 4) is 22.6 Å². The van der Waals surface area contributed by atoms with Gasteiger partial charge in [-0.15, -0.1) is 0 Å². The number of hydrogen-bond donors (Lipinski definition) is 0. The van der Waals surface area contributed by atoms with Gasteiger partial charge >= 0.3 is 0 Å². The van der Waals surface area contributed by atoms with Gasteiger partial charge in [0.15, 0.2) is 0 Å². The Hall–Kier alpha value is -3.67. The molecule has 36 heavy (non-hydrogen) atoms. The Morgan fingerprint density at radius 1 is 0.833 bits per heavy atom. The molecule has 3 aromatic carbocycles. The van der Waals surface area contributed by atoms with Gasteiger partial charge in [0.1, 0.15) is 18.1 Å². The molecular weight excluding hydrogens is 448 g/mol. The van der Waals surface area contributed by atoms with Crippen molar-refractivity contribution in [2.45, 2.75) is 19.5 Å². The van der Waals surface area contributed by atoms with E-state index in [0.717, 1.165) is 43.1 Å². The molecule has 0 atom stereocenters. The SMILES string of the molecule is COc1ccc(CN2CCOCCOc3ccc(-c4ccncc4)cc3Cc3cccc(c3)C2)cc1. The molecule has 1 aromatic heterocycles. The molecule has 0 radical (unpaired) electrons. The van der Waals surface area contributed by atoms with Gasteiger partial charge in [-0.3, -0.25) is 9.88 Å². The molecule has 0 aliphatic carbocycles. The maximum Gasteiger partial charge on any atom is 0.122 e. The average Bonchev–Trinajstić information content (AvgIpc) is 2.92. The Morgan fingerprint density at radius 2 is 1.67 bits per heavy atom. The lowest BCUT2D eigenvalue weighted by atomic mass is 9.97. The van der Waals surface area contributed by atoms with Crippen LogP contribution in [-0.2, 0) is 24.2 Å². The first kappa shape index (κ1) is 24.0. The van der Waals surface area contributed by atoms with Crippen LogP contribution in [0, 0.1) is 0 Å². The van der Waals surface area contributed by atoms with Crippen molar-refractivity contribution < 1.29 is 14.2 Å². The highest BCUT2D eigenvalue weighted by atomic mass is 16.5. The maximum absolute atomic E-state index is 6.18. The quantitative estimate of drug-likeness (QED) is 0.372. The van der Waals surface area contributed by atoms with E-state index in [1.165, 1.54) is 27.8 Å². The highest BCUT2D eigenvalue weighted by molar-refractivity contribution is 5.65. The van der Waals surface area contributed by atoms with Crippen LogP contribution in [0.5, 0.6) is 11.5 Å². The lowest BCUT2D eigenvalue weighted by Crippen LogP contribution is -2.27. The topological polar surface area (TPSA) is 43.8 Å². The smallest absolute Gasteiger partial charge is 0.122 e. The molecule has 2 heterocycles. The molecule has 2 bridgehead atoms. The average molecular weight is 481 g/mol. The number of pyridine rings is 1. The monoisotopic (exact) mass is 480 g/mol. The Balaban J connectivity index is 1.40. The fourth-order valence-corrected chi connectivity index (χ4v) is 4.61. The minimum absolute atomic E-state index is 0.528. The van der Waals surface area contributed by atoms with Crippen LogP contribution in [-0.4, -0.2) is 43.4 Å². The third kappa shape index (κ3) is 6.30. The highest BCUT2D eigenvalue weighted by Gasteiger charge is 2.12. The van der Waals surface area contributed by atoms with E-state index in [4.69, 9.17) is 14.2 Å². The molecule has 1 aliphatic heterocycles. The molecule has 5 rings (SSSR count). The van der Waals surface area contributed by atoms with Crippen molar-refractivity contribution in [2.24, 2.45) is 0 Å². The Morgan fingerprint density at radius 3 is 2.50 bits per heavy atom. The first-order valence-corrected chi connectivity index (χ1v) is 12.4. The Labute approximate surface area is 213 Å². The summed E-state index contributed by atoms with van der Waals surface area (Å²) in [6.07, 6.45) is 4.47. The molecule has 184 valence electrons. The number of methoxy groups -OCH3 is 1. The molecule has 5 nitrogen and oxygen atoms in total. The highest BCUT2D eigenvalue weighted by Crippen LogP contribution is 2.29. The first-order valence-electron chi connectivity index (χ1n) is 12.4. The number of nitrogens with zero attached hydrogens (tertiary/aromatic N) is 2. The van der Waals surface area contributed by atoms with Crippen LogP contribution in [0.3, 0.4) is 0 Å². The summed E-state index contributed by atoms with van der Waals surface area (Å²) in [5.41, 5.74) is 7.33. The van der Waals surface area contributed by atoms with Gasteiger partial charge in [0.25, 0.3) is 0 Å². The summed E-state index contributed by atoms with van der Waals surface area (Å²) >= 11 is 0. The Bertz CT molecular complexity index is 1260. The second kappa shape index (κ2) is 11.8. The van der Waals surface area contributed by atoms with Crippen molar-refractivity contribution in [3.05, 3.63) is 114 Å². The third-order valence-electron chi connectivity index (χ3n) is 6.47. The second-order valence-corrected chi connectivity index (χ2v) is 9.07. The zero-order chi connectivity index (χ0) is 24.6. The van der Waals surface area contributed by atoms with E-state index in [1.807, 2.05) is 36.7 Å². The molecule has 5 heteroatoms. The number of rotatable bonds is 4. The molecule has 0 spiro atoms. The van der Waals surface area contributed by atoms with Gasteiger partial charge in [0.05, 0.1) is 20.3 Å². The molecule has 1 aliphatic rings. The minimum atomic E-state index is 0.528. The summed E-state index contributed by atoms with van der Waals surface area (Å²) in [7, 11) is 1.70. The lowest BCUT2D eigenvalue weighted by molar-refractivity contribution is 0.0757. The van der Waals surface area contributed by atoms with Crippen LogP contribution in [0.2, 0.25) is 0 Å². The zero-order valence-corrected chi connectivity index (χ0v) is 20.7. The number of fused-ring (bicyclic) bond motifs is 3. The summed E-state index contributed by atoms with van der Waals surface area (Å²) < 4.78 is 17.4. The van der Waals surface area contributed by atoms with Gasteiger partial charge in [-0.1, -0.05) is 42.5 Å². The van der Waals surface area contributed by atoms with E-state index in [2.05, 4.69) is 64.5 Å². The van der Waals surface area contributed by atoms with Gasteiger partial charge in [0, 0.05) is 38.4 Å². The molecule has 0 saturated heterocycles. The van der Waals surface area contributed by atoms with E-state index in [9.17, 15) is 0 Å². The number of ether oxygens (including phenoxy) is 3. The van der Waals surface area contributed by atoms with Crippen LogP contribution in [0.4, 0.5) is 0 Å². The van der Waals surface area contributed by atoms with E-state index in [1.54, 1.807) is 7.11 Å². The van der Waals surface area contributed by atoms with Crippen molar-refractivity contribution in [2.75, 3.05) is 33.5 Å². The van der Waals surface area contributed by atoms with Gasteiger partial charge < -0.3 is 14.2 Å². The van der Waals surface area contributed by atoms with Gasteiger partial charge in [-0.2, -0.15) is 0 Å². The predicted molar refractivity (Wildman–Crippen MR) is 142 cm³/mol. The largest absolute Gasteiger partial charge is 0.497 e. The van der Waals surface area contributed by atoms with Crippen LogP contribution in [0.25, 0.3) is 11.1 Å². The molecule has 4 aromatic rings. The van der Waals surface area contributed by atoms with Crippen LogP contribution >= 0.6 is 0 Å². The number of hydrogen-bond acceptors (Lipinski definition) is 5. The molecular formula is C31H32N2O3. The standard InChI is InChI=1S/C31H32N2O3/c1-34-30-8-5-24(6-9-30)22-33-15-16-35-17-18-36-31-10-7-28(27-11-13-32-14-12-27)21-29(31)20-25-3-2-4-26(19-25)23-33/h2-14,19,21H,15-18,20,22-23H2,1H3.